The fraction of sp³-hybridized carbons (Fsp3) is 0.545. The van der Waals surface area contributed by atoms with E-state index >= 15 is 0 Å². The highest BCUT2D eigenvalue weighted by atomic mass is 16.5. The largest absolute Gasteiger partial charge is 0.464 e. The summed E-state index contributed by atoms with van der Waals surface area (Å²) in [5, 5.41) is 6.59. The lowest BCUT2D eigenvalue weighted by Gasteiger charge is -2.24. The third kappa shape index (κ3) is 3.13. The molecule has 0 radical (unpaired) electrons. The fourth-order valence-corrected chi connectivity index (χ4v) is 1.80. The minimum Gasteiger partial charge on any atom is -0.464 e. The summed E-state index contributed by atoms with van der Waals surface area (Å²) in [6, 6.07) is 0.377. The summed E-state index contributed by atoms with van der Waals surface area (Å²) in [5.41, 5.74) is 0.222. The molecule has 0 aromatic carbocycles. The summed E-state index contributed by atoms with van der Waals surface area (Å²) in [6.45, 7) is 2.01. The van der Waals surface area contributed by atoms with E-state index in [1.54, 1.807) is 6.20 Å². The van der Waals surface area contributed by atoms with E-state index in [9.17, 15) is 4.79 Å². The van der Waals surface area contributed by atoms with Gasteiger partial charge < -0.3 is 15.4 Å². The highest BCUT2D eigenvalue weighted by Crippen LogP contribution is 2.09. The van der Waals surface area contributed by atoms with E-state index in [-0.39, 0.29) is 5.69 Å². The highest BCUT2D eigenvalue weighted by Gasteiger charge is 2.13. The Hall–Kier alpha value is -1.69. The van der Waals surface area contributed by atoms with Gasteiger partial charge >= 0.3 is 5.97 Å². The summed E-state index contributed by atoms with van der Waals surface area (Å²) >= 11 is 0. The Balaban J connectivity index is 1.95. The van der Waals surface area contributed by atoms with Gasteiger partial charge in [-0.2, -0.15) is 0 Å². The molecule has 0 spiro atoms. The van der Waals surface area contributed by atoms with Gasteiger partial charge in [-0.05, 0) is 19.4 Å². The molecular formula is C11H16N4O2. The molecule has 1 fully saturated rings. The van der Waals surface area contributed by atoms with Gasteiger partial charge in [-0.15, -0.1) is 0 Å². The van der Waals surface area contributed by atoms with E-state index in [4.69, 9.17) is 0 Å². The maximum absolute atomic E-state index is 11.2. The van der Waals surface area contributed by atoms with Crippen LogP contribution in [0, 0.1) is 0 Å². The number of carbonyl (C=O) groups excluding carboxylic acids is 1. The first kappa shape index (κ1) is 11.8. The van der Waals surface area contributed by atoms with Crippen LogP contribution in [0.4, 0.5) is 5.82 Å². The quantitative estimate of drug-likeness (QED) is 0.741. The second-order valence-corrected chi connectivity index (χ2v) is 3.97. The van der Waals surface area contributed by atoms with Crippen LogP contribution in [0.2, 0.25) is 0 Å². The molecule has 1 saturated heterocycles. The van der Waals surface area contributed by atoms with Gasteiger partial charge in [-0.3, -0.25) is 0 Å². The molecule has 0 saturated carbocycles. The number of methoxy groups -OCH3 is 1. The molecule has 0 amide bonds. The van der Waals surface area contributed by atoms with Crippen LogP contribution in [0.25, 0.3) is 0 Å². The SMILES string of the molecule is COC(=O)c1cnc(NC2CCCNC2)cn1. The minimum absolute atomic E-state index is 0.222. The molecule has 1 unspecified atom stereocenters. The summed E-state index contributed by atoms with van der Waals surface area (Å²) in [6.07, 6.45) is 5.25. The summed E-state index contributed by atoms with van der Waals surface area (Å²) in [7, 11) is 1.32. The van der Waals surface area contributed by atoms with Crippen LogP contribution in [0.5, 0.6) is 0 Å². The standard InChI is InChI=1S/C11H16N4O2/c1-17-11(16)9-6-14-10(7-13-9)15-8-3-2-4-12-5-8/h6-8,12H,2-5H2,1H3,(H,14,15). The first-order chi connectivity index (χ1) is 8.29. The van der Waals surface area contributed by atoms with Crippen molar-refractivity contribution in [1.82, 2.24) is 15.3 Å². The number of hydrogen-bond acceptors (Lipinski definition) is 6. The second-order valence-electron chi connectivity index (χ2n) is 3.97. The van der Waals surface area contributed by atoms with Crippen molar-refractivity contribution < 1.29 is 9.53 Å². The second kappa shape index (κ2) is 5.58. The number of aromatic nitrogens is 2. The van der Waals surface area contributed by atoms with E-state index in [0.717, 1.165) is 25.9 Å². The molecule has 1 aliphatic heterocycles. The van der Waals surface area contributed by atoms with Gasteiger partial charge in [0, 0.05) is 12.6 Å². The van der Waals surface area contributed by atoms with Crippen LogP contribution in [-0.2, 0) is 4.74 Å². The molecule has 0 bridgehead atoms. The van der Waals surface area contributed by atoms with E-state index in [2.05, 4.69) is 25.3 Å². The smallest absolute Gasteiger partial charge is 0.358 e. The van der Waals surface area contributed by atoms with E-state index < -0.39 is 5.97 Å². The van der Waals surface area contributed by atoms with E-state index in [1.165, 1.54) is 13.3 Å². The Labute approximate surface area is 99.8 Å². The summed E-state index contributed by atoms with van der Waals surface area (Å²) in [4.78, 5) is 19.3. The van der Waals surface area contributed by atoms with Gasteiger partial charge in [0.05, 0.1) is 19.5 Å². The average molecular weight is 236 g/mol. The molecule has 92 valence electrons. The Kier molecular flexibility index (Phi) is 3.87. The molecule has 1 aliphatic rings. The Morgan fingerprint density at radius 2 is 2.41 bits per heavy atom. The van der Waals surface area contributed by atoms with Crippen molar-refractivity contribution in [3.63, 3.8) is 0 Å². The topological polar surface area (TPSA) is 76.1 Å². The third-order valence-corrected chi connectivity index (χ3v) is 2.70. The van der Waals surface area contributed by atoms with Crippen molar-refractivity contribution in [2.24, 2.45) is 0 Å². The Morgan fingerprint density at radius 1 is 1.53 bits per heavy atom. The summed E-state index contributed by atoms with van der Waals surface area (Å²) < 4.78 is 4.55. The Bertz CT molecular complexity index is 374. The zero-order chi connectivity index (χ0) is 12.1. The number of ether oxygens (including phenoxy) is 1. The lowest BCUT2D eigenvalue weighted by atomic mass is 10.1. The first-order valence-electron chi connectivity index (χ1n) is 5.67. The normalized spacial score (nSPS) is 19.7. The van der Waals surface area contributed by atoms with Crippen molar-refractivity contribution >= 4 is 11.8 Å². The van der Waals surface area contributed by atoms with Gasteiger partial charge in [-0.25, -0.2) is 14.8 Å². The molecule has 1 aromatic heterocycles. The van der Waals surface area contributed by atoms with Crippen molar-refractivity contribution in [3.05, 3.63) is 18.1 Å². The van der Waals surface area contributed by atoms with Crippen molar-refractivity contribution in [3.8, 4) is 0 Å². The van der Waals surface area contributed by atoms with Gasteiger partial charge in [0.2, 0.25) is 0 Å². The fourth-order valence-electron chi connectivity index (χ4n) is 1.80. The van der Waals surface area contributed by atoms with Crippen LogP contribution >= 0.6 is 0 Å². The molecule has 2 heterocycles. The monoisotopic (exact) mass is 236 g/mol. The zero-order valence-corrected chi connectivity index (χ0v) is 9.77. The molecule has 0 aliphatic carbocycles. The van der Waals surface area contributed by atoms with Gasteiger partial charge in [0.1, 0.15) is 5.82 Å². The number of nitrogens with zero attached hydrogens (tertiary/aromatic N) is 2. The lowest BCUT2D eigenvalue weighted by Crippen LogP contribution is -2.38. The van der Waals surface area contributed by atoms with E-state index in [1.807, 2.05) is 0 Å². The zero-order valence-electron chi connectivity index (χ0n) is 9.77. The first-order valence-corrected chi connectivity index (χ1v) is 5.67. The molecule has 6 nitrogen and oxygen atoms in total. The number of anilines is 1. The number of nitrogens with one attached hydrogen (secondary N) is 2. The number of carbonyl (C=O) groups is 1. The van der Waals surface area contributed by atoms with Crippen LogP contribution in [0.15, 0.2) is 12.4 Å². The van der Waals surface area contributed by atoms with Gasteiger partial charge in [0.25, 0.3) is 0 Å². The van der Waals surface area contributed by atoms with Gasteiger partial charge in [0.15, 0.2) is 5.69 Å². The van der Waals surface area contributed by atoms with Crippen LogP contribution in [-0.4, -0.2) is 42.2 Å². The van der Waals surface area contributed by atoms with Crippen molar-refractivity contribution in [1.29, 1.82) is 0 Å². The van der Waals surface area contributed by atoms with Crippen molar-refractivity contribution in [2.45, 2.75) is 18.9 Å². The van der Waals surface area contributed by atoms with Gasteiger partial charge in [-0.1, -0.05) is 0 Å². The molecule has 1 aromatic rings. The molecule has 2 N–H and O–H groups in total. The van der Waals surface area contributed by atoms with Crippen molar-refractivity contribution in [2.75, 3.05) is 25.5 Å². The average Bonchev–Trinajstić information content (AvgIpc) is 2.40. The van der Waals surface area contributed by atoms with E-state index in [0.29, 0.717) is 11.9 Å². The highest BCUT2D eigenvalue weighted by molar-refractivity contribution is 5.86. The lowest BCUT2D eigenvalue weighted by molar-refractivity contribution is 0.0593. The number of piperidine rings is 1. The number of hydrogen-bond donors (Lipinski definition) is 2. The molecular weight excluding hydrogens is 220 g/mol. The minimum atomic E-state index is -0.469. The maximum Gasteiger partial charge on any atom is 0.358 e. The molecule has 6 heteroatoms. The van der Waals surface area contributed by atoms with Crippen LogP contribution in [0.1, 0.15) is 23.3 Å². The third-order valence-electron chi connectivity index (χ3n) is 2.70. The molecule has 1 atom stereocenters. The predicted octanol–water partition coefficient (Wildman–Crippen LogP) is 0.427. The Morgan fingerprint density at radius 3 is 3.00 bits per heavy atom. The molecule has 2 rings (SSSR count). The summed E-state index contributed by atoms with van der Waals surface area (Å²) in [5.74, 6) is 0.217. The number of esters is 1. The molecule has 17 heavy (non-hydrogen) atoms. The van der Waals surface area contributed by atoms with Crippen LogP contribution < -0.4 is 10.6 Å². The predicted molar refractivity (Wildman–Crippen MR) is 62.9 cm³/mol. The van der Waals surface area contributed by atoms with Crippen LogP contribution in [0.3, 0.4) is 0 Å². The number of rotatable bonds is 3. The maximum atomic E-state index is 11.2.